The number of benzene rings is 1. The lowest BCUT2D eigenvalue weighted by Gasteiger charge is -2.27. The average molecular weight is 505 g/mol. The molecule has 29 heavy (non-hydrogen) atoms. The number of ether oxygens (including phenoxy) is 2. The van der Waals surface area contributed by atoms with E-state index in [0.29, 0.717) is 35.6 Å². The highest BCUT2D eigenvalue weighted by atomic mass is 79.9. The quantitative estimate of drug-likeness (QED) is 0.585. The fourth-order valence-corrected chi connectivity index (χ4v) is 7.74. The maximum Gasteiger partial charge on any atom is 0.250 e. The molecule has 0 N–H and O–H groups in total. The first-order valence-corrected chi connectivity index (χ1v) is 13.0. The molecule has 3 rings (SSSR count). The molecule has 0 radical (unpaired) electrons. The number of amidine groups is 1. The number of sulfone groups is 1. The Labute approximate surface area is 184 Å². The summed E-state index contributed by atoms with van der Waals surface area (Å²) in [5.41, 5.74) is 0.712. The van der Waals surface area contributed by atoms with Gasteiger partial charge < -0.3 is 14.4 Å². The van der Waals surface area contributed by atoms with Gasteiger partial charge >= 0.3 is 0 Å². The van der Waals surface area contributed by atoms with Crippen LogP contribution in [0.25, 0.3) is 0 Å². The zero-order valence-electron chi connectivity index (χ0n) is 16.8. The highest BCUT2D eigenvalue weighted by Gasteiger charge is 2.50. The molecule has 0 bridgehead atoms. The van der Waals surface area contributed by atoms with E-state index in [4.69, 9.17) is 9.47 Å². The molecule has 1 aromatic carbocycles. The van der Waals surface area contributed by atoms with E-state index < -0.39 is 9.84 Å². The predicted molar refractivity (Wildman–Crippen MR) is 120 cm³/mol. The van der Waals surface area contributed by atoms with Crippen LogP contribution in [-0.4, -0.2) is 55.5 Å². The summed E-state index contributed by atoms with van der Waals surface area (Å²) in [5.74, 6) is 0.814. The normalized spacial score (nSPS) is 24.2. The Balaban J connectivity index is 2.10. The summed E-state index contributed by atoms with van der Waals surface area (Å²) in [6, 6.07) is 3.35. The van der Waals surface area contributed by atoms with Crippen LogP contribution in [0.3, 0.4) is 0 Å². The molecule has 2 saturated heterocycles. The van der Waals surface area contributed by atoms with Gasteiger partial charge in [-0.15, -0.1) is 0 Å². The predicted octanol–water partition coefficient (Wildman–Crippen LogP) is 3.50. The van der Waals surface area contributed by atoms with Crippen LogP contribution in [0.15, 0.2) is 21.6 Å². The minimum atomic E-state index is -3.14. The fourth-order valence-electron chi connectivity index (χ4n) is 3.32. The molecule has 2 aliphatic rings. The number of hydrogen-bond acceptors (Lipinski definition) is 6. The minimum Gasteiger partial charge on any atom is -0.490 e. The summed E-state index contributed by atoms with van der Waals surface area (Å²) in [6.07, 6.45) is 0. The molecule has 1 aromatic rings. The first-order valence-electron chi connectivity index (χ1n) is 9.54. The van der Waals surface area contributed by atoms with Gasteiger partial charge in [0.2, 0.25) is 0 Å². The summed E-state index contributed by atoms with van der Waals surface area (Å²) in [7, 11) is -3.14. The number of anilines is 1. The SMILES string of the molecule is CCOc1cc(Br)c(N2C(=NC(=O)C(C)C)S[C@H]3CS(=O)(=O)C[C@H]32)cc1OCC. The fraction of sp³-hybridized carbons (Fsp3) is 0.579. The molecule has 0 aliphatic carbocycles. The van der Waals surface area contributed by atoms with Crippen molar-refractivity contribution in [1.29, 1.82) is 0 Å². The van der Waals surface area contributed by atoms with E-state index in [9.17, 15) is 13.2 Å². The van der Waals surface area contributed by atoms with Crippen molar-refractivity contribution in [2.75, 3.05) is 29.6 Å². The molecule has 1 amide bonds. The summed E-state index contributed by atoms with van der Waals surface area (Å²) >= 11 is 4.94. The van der Waals surface area contributed by atoms with Crippen molar-refractivity contribution >= 4 is 54.3 Å². The van der Waals surface area contributed by atoms with Gasteiger partial charge in [0.05, 0.1) is 36.4 Å². The van der Waals surface area contributed by atoms with E-state index in [-0.39, 0.29) is 34.6 Å². The van der Waals surface area contributed by atoms with Gasteiger partial charge in [-0.25, -0.2) is 8.42 Å². The molecule has 2 heterocycles. The Hall–Kier alpha value is -1.26. The summed E-state index contributed by atoms with van der Waals surface area (Å²) in [6.45, 7) is 8.32. The number of carbonyl (C=O) groups excluding carboxylic acids is 1. The molecular formula is C19H25BrN2O5S2. The van der Waals surface area contributed by atoms with E-state index in [1.54, 1.807) is 13.8 Å². The van der Waals surface area contributed by atoms with Crippen molar-refractivity contribution in [3.8, 4) is 11.5 Å². The second kappa shape index (κ2) is 8.85. The van der Waals surface area contributed by atoms with Crippen molar-refractivity contribution in [3.05, 3.63) is 16.6 Å². The van der Waals surface area contributed by atoms with Gasteiger partial charge in [0.1, 0.15) is 0 Å². The lowest BCUT2D eigenvalue weighted by molar-refractivity contribution is -0.120. The lowest BCUT2D eigenvalue weighted by atomic mass is 10.2. The van der Waals surface area contributed by atoms with Crippen LogP contribution >= 0.6 is 27.7 Å². The van der Waals surface area contributed by atoms with Gasteiger partial charge in [-0.05, 0) is 29.8 Å². The van der Waals surface area contributed by atoms with Crippen LogP contribution in [0.4, 0.5) is 5.69 Å². The third kappa shape index (κ3) is 4.74. The second-order valence-electron chi connectivity index (χ2n) is 7.17. The van der Waals surface area contributed by atoms with Crippen LogP contribution in [-0.2, 0) is 14.6 Å². The Morgan fingerprint density at radius 3 is 2.45 bits per heavy atom. The van der Waals surface area contributed by atoms with Gasteiger partial charge in [-0.1, -0.05) is 25.6 Å². The number of amides is 1. The van der Waals surface area contributed by atoms with Gasteiger partial charge in [-0.3, -0.25) is 4.79 Å². The first-order chi connectivity index (χ1) is 13.7. The van der Waals surface area contributed by atoms with Crippen molar-refractivity contribution < 1.29 is 22.7 Å². The summed E-state index contributed by atoms with van der Waals surface area (Å²) < 4.78 is 36.6. The van der Waals surface area contributed by atoms with Crippen molar-refractivity contribution in [3.63, 3.8) is 0 Å². The maximum atomic E-state index is 12.3. The van der Waals surface area contributed by atoms with Crippen molar-refractivity contribution in [2.45, 2.75) is 39.0 Å². The van der Waals surface area contributed by atoms with E-state index in [2.05, 4.69) is 20.9 Å². The van der Waals surface area contributed by atoms with Gasteiger partial charge in [0.15, 0.2) is 26.5 Å². The number of aliphatic imine (C=N–C) groups is 1. The zero-order chi connectivity index (χ0) is 21.3. The van der Waals surface area contributed by atoms with Gasteiger partial charge in [0.25, 0.3) is 5.91 Å². The summed E-state index contributed by atoms with van der Waals surface area (Å²) in [5, 5.41) is 0.369. The molecule has 2 aliphatic heterocycles. The number of halogens is 1. The van der Waals surface area contributed by atoms with Gasteiger partial charge in [-0.2, -0.15) is 4.99 Å². The number of fused-ring (bicyclic) bond motifs is 1. The van der Waals surface area contributed by atoms with Crippen molar-refractivity contribution in [2.24, 2.45) is 10.9 Å². The van der Waals surface area contributed by atoms with Crippen LogP contribution < -0.4 is 14.4 Å². The number of carbonyl (C=O) groups is 1. The molecule has 2 atom stereocenters. The largest absolute Gasteiger partial charge is 0.490 e. The highest BCUT2D eigenvalue weighted by molar-refractivity contribution is 9.10. The molecule has 2 fully saturated rings. The third-order valence-corrected chi connectivity index (χ3v) is 8.48. The monoisotopic (exact) mass is 504 g/mol. The molecular weight excluding hydrogens is 480 g/mol. The second-order valence-corrected chi connectivity index (χ2v) is 11.4. The molecule has 0 spiro atoms. The number of nitrogens with zero attached hydrogens (tertiary/aromatic N) is 2. The molecule has 0 unspecified atom stereocenters. The van der Waals surface area contributed by atoms with Crippen LogP contribution in [0.1, 0.15) is 27.7 Å². The topological polar surface area (TPSA) is 85.3 Å². The first kappa shape index (κ1) is 22.4. The molecule has 0 saturated carbocycles. The lowest BCUT2D eigenvalue weighted by Crippen LogP contribution is -2.38. The number of rotatable bonds is 6. The van der Waals surface area contributed by atoms with Crippen LogP contribution in [0.2, 0.25) is 0 Å². The smallest absolute Gasteiger partial charge is 0.250 e. The number of thioether (sulfide) groups is 1. The standard InChI is InChI=1S/C19H25BrN2O5S2/c1-5-26-15-7-12(20)13(8-16(15)27-6-2)22-14-9-29(24,25)10-17(14)28-19(22)21-18(23)11(3)4/h7-8,11,14,17H,5-6,9-10H2,1-4H3/t14-,17+/m1/s1. The molecule has 7 nitrogen and oxygen atoms in total. The Bertz CT molecular complexity index is 933. The van der Waals surface area contributed by atoms with E-state index in [1.807, 2.05) is 30.9 Å². The van der Waals surface area contributed by atoms with E-state index in [1.165, 1.54) is 11.8 Å². The third-order valence-electron chi connectivity index (χ3n) is 4.64. The van der Waals surface area contributed by atoms with Crippen LogP contribution in [0, 0.1) is 5.92 Å². The average Bonchev–Trinajstić information content (AvgIpc) is 3.08. The Morgan fingerprint density at radius 2 is 1.86 bits per heavy atom. The van der Waals surface area contributed by atoms with Crippen molar-refractivity contribution in [1.82, 2.24) is 0 Å². The van der Waals surface area contributed by atoms with Gasteiger partial charge in [0, 0.05) is 27.8 Å². The molecule has 0 aromatic heterocycles. The number of hydrogen-bond donors (Lipinski definition) is 0. The Kier molecular flexibility index (Phi) is 6.84. The highest BCUT2D eigenvalue weighted by Crippen LogP contribution is 2.46. The maximum absolute atomic E-state index is 12.3. The summed E-state index contributed by atoms with van der Waals surface area (Å²) in [4.78, 5) is 18.5. The Morgan fingerprint density at radius 1 is 1.24 bits per heavy atom. The minimum absolute atomic E-state index is 0.0309. The van der Waals surface area contributed by atoms with Crippen LogP contribution in [0.5, 0.6) is 11.5 Å². The molecule has 160 valence electrons. The van der Waals surface area contributed by atoms with E-state index in [0.717, 1.165) is 4.47 Å². The van der Waals surface area contributed by atoms with E-state index >= 15 is 0 Å². The zero-order valence-corrected chi connectivity index (χ0v) is 20.1. The molecule has 10 heteroatoms.